The molecule has 3 rings (SSSR count). The fourth-order valence-electron chi connectivity index (χ4n) is 4.55. The Kier molecular flexibility index (Phi) is 4.51. The molecule has 1 aromatic carbocycles. The number of hydrogen-bond donors (Lipinski definition) is 2. The van der Waals surface area contributed by atoms with Gasteiger partial charge in [-0.3, -0.25) is 0 Å². The van der Waals surface area contributed by atoms with Crippen molar-refractivity contribution in [1.29, 1.82) is 0 Å². The quantitative estimate of drug-likeness (QED) is 0.830. The van der Waals surface area contributed by atoms with Crippen molar-refractivity contribution in [3.05, 3.63) is 30.3 Å². The molecule has 0 amide bonds. The molecule has 122 valence electrons. The summed E-state index contributed by atoms with van der Waals surface area (Å²) in [5.74, 6) is 0. The van der Waals surface area contributed by atoms with Crippen LogP contribution in [0.4, 0.5) is 0 Å². The lowest BCUT2D eigenvalue weighted by molar-refractivity contribution is 0.336. The van der Waals surface area contributed by atoms with Crippen LogP contribution in [0.1, 0.15) is 64.2 Å². The van der Waals surface area contributed by atoms with Gasteiger partial charge < -0.3 is 16.0 Å². The molecule has 2 saturated carbocycles. The van der Waals surface area contributed by atoms with Gasteiger partial charge in [-0.05, 0) is 25.7 Å². The smallest absolute Gasteiger partial charge is 0.153 e. The zero-order valence-corrected chi connectivity index (χ0v) is 14.4. The molecule has 0 heterocycles. The maximum Gasteiger partial charge on any atom is 0.153 e. The van der Waals surface area contributed by atoms with Gasteiger partial charge in [-0.25, -0.2) is 0 Å². The third-order valence-electron chi connectivity index (χ3n) is 5.81. The number of nitrogens with two attached hydrogens (primary N) is 2. The van der Waals surface area contributed by atoms with Crippen LogP contribution in [0.5, 0.6) is 0 Å². The summed E-state index contributed by atoms with van der Waals surface area (Å²) >= 11 is 0. The van der Waals surface area contributed by atoms with Crippen molar-refractivity contribution in [2.75, 3.05) is 0 Å². The van der Waals surface area contributed by atoms with Crippen molar-refractivity contribution in [1.82, 2.24) is 0 Å². The highest BCUT2D eigenvalue weighted by molar-refractivity contribution is 7.74. The SMILES string of the molecule is NC1(P(=O)(c2ccccc2)C2(N)CCCCC2)CCCCC1. The van der Waals surface area contributed by atoms with Crippen molar-refractivity contribution in [2.45, 2.75) is 74.8 Å². The number of rotatable bonds is 3. The van der Waals surface area contributed by atoms with Crippen LogP contribution < -0.4 is 16.8 Å². The van der Waals surface area contributed by atoms with Crippen molar-refractivity contribution in [3.8, 4) is 0 Å². The Balaban J connectivity index is 2.12. The predicted octanol–water partition coefficient (Wildman–Crippen LogP) is 3.91. The Morgan fingerprint density at radius 2 is 1.14 bits per heavy atom. The molecule has 0 spiro atoms. The normalized spacial score (nSPS) is 24.8. The maximum atomic E-state index is 14.5. The third kappa shape index (κ3) is 2.48. The summed E-state index contributed by atoms with van der Waals surface area (Å²) < 4.78 is 14.5. The van der Waals surface area contributed by atoms with E-state index in [2.05, 4.69) is 0 Å². The highest BCUT2D eigenvalue weighted by atomic mass is 31.2. The highest BCUT2D eigenvalue weighted by Crippen LogP contribution is 2.69. The molecule has 0 bridgehead atoms. The molecule has 2 fully saturated rings. The van der Waals surface area contributed by atoms with Gasteiger partial charge in [-0.1, -0.05) is 68.9 Å². The molecule has 0 aliphatic heterocycles. The lowest BCUT2D eigenvalue weighted by Crippen LogP contribution is -2.56. The molecular formula is C18H29N2OP. The first-order valence-corrected chi connectivity index (χ1v) is 10.5. The Morgan fingerprint density at radius 3 is 1.55 bits per heavy atom. The van der Waals surface area contributed by atoms with E-state index in [0.717, 1.165) is 56.7 Å². The molecule has 4 heteroatoms. The first-order chi connectivity index (χ1) is 10.5. The summed E-state index contributed by atoms with van der Waals surface area (Å²) in [5.41, 5.74) is 13.7. The number of benzene rings is 1. The minimum atomic E-state index is -2.89. The van der Waals surface area contributed by atoms with Crippen molar-refractivity contribution < 1.29 is 4.57 Å². The monoisotopic (exact) mass is 320 g/mol. The second-order valence-corrected chi connectivity index (χ2v) is 10.8. The van der Waals surface area contributed by atoms with E-state index in [-0.39, 0.29) is 0 Å². The topological polar surface area (TPSA) is 69.1 Å². The molecule has 0 aromatic heterocycles. The van der Waals surface area contributed by atoms with Gasteiger partial charge in [0, 0.05) is 5.30 Å². The van der Waals surface area contributed by atoms with Gasteiger partial charge in [0.15, 0.2) is 7.14 Å². The summed E-state index contributed by atoms with van der Waals surface area (Å²) in [6.07, 6.45) is 10.1. The van der Waals surface area contributed by atoms with E-state index >= 15 is 0 Å². The molecule has 1 aromatic rings. The largest absolute Gasteiger partial charge is 0.319 e. The Hall–Kier alpha value is -0.630. The van der Waals surface area contributed by atoms with Crippen molar-refractivity contribution in [2.24, 2.45) is 11.5 Å². The average molecular weight is 320 g/mol. The summed E-state index contributed by atoms with van der Waals surface area (Å²) in [6.45, 7) is 0. The van der Waals surface area contributed by atoms with Crippen LogP contribution in [0.3, 0.4) is 0 Å². The molecule has 22 heavy (non-hydrogen) atoms. The molecular weight excluding hydrogens is 291 g/mol. The standard InChI is InChI=1S/C18H29N2OP/c19-17(12-6-2-7-13-17)22(21,16-10-4-1-5-11-16)18(20)14-8-3-9-15-18/h1,4-5,10-11H,2-3,6-9,12-15,19-20H2. The molecule has 3 nitrogen and oxygen atoms in total. The molecule has 2 aliphatic carbocycles. The van der Waals surface area contributed by atoms with Crippen molar-refractivity contribution in [3.63, 3.8) is 0 Å². The fraction of sp³-hybridized carbons (Fsp3) is 0.667. The third-order valence-corrected chi connectivity index (χ3v) is 10.2. The first-order valence-electron chi connectivity index (χ1n) is 8.76. The Labute approximate surface area is 134 Å². The van der Waals surface area contributed by atoms with Crippen LogP contribution in [0.2, 0.25) is 0 Å². The predicted molar refractivity (Wildman–Crippen MR) is 93.7 cm³/mol. The van der Waals surface area contributed by atoms with Gasteiger partial charge >= 0.3 is 0 Å². The van der Waals surface area contributed by atoms with Crippen LogP contribution in [-0.4, -0.2) is 10.6 Å². The first kappa shape index (κ1) is 16.2. The summed E-state index contributed by atoms with van der Waals surface area (Å²) in [7, 11) is -2.89. The van der Waals surface area contributed by atoms with Crippen LogP contribution >= 0.6 is 7.14 Å². The fourth-order valence-corrected chi connectivity index (χ4v) is 8.95. The van der Waals surface area contributed by atoms with E-state index in [9.17, 15) is 4.57 Å². The zero-order chi connectivity index (χ0) is 15.7. The summed E-state index contributed by atoms with van der Waals surface area (Å²) in [4.78, 5) is 0. The van der Waals surface area contributed by atoms with Gasteiger partial charge in [0.05, 0.1) is 10.6 Å². The lowest BCUT2D eigenvalue weighted by atomic mass is 9.94. The Bertz CT molecular complexity index is 517. The van der Waals surface area contributed by atoms with E-state index in [1.54, 1.807) is 0 Å². The minimum absolute atomic E-state index is 0.612. The second kappa shape index (κ2) is 6.11. The van der Waals surface area contributed by atoms with E-state index in [1.807, 2.05) is 30.3 Å². The van der Waals surface area contributed by atoms with E-state index in [0.29, 0.717) is 0 Å². The summed E-state index contributed by atoms with van der Waals surface area (Å²) in [6, 6.07) is 9.91. The van der Waals surface area contributed by atoms with Crippen molar-refractivity contribution >= 4 is 12.4 Å². The highest BCUT2D eigenvalue weighted by Gasteiger charge is 2.57. The van der Waals surface area contributed by atoms with E-state index in [4.69, 9.17) is 11.5 Å². The average Bonchev–Trinajstić information content (AvgIpc) is 2.56. The summed E-state index contributed by atoms with van der Waals surface area (Å²) in [5, 5.41) is -0.319. The van der Waals surface area contributed by atoms with Gasteiger partial charge in [-0.15, -0.1) is 0 Å². The van der Waals surface area contributed by atoms with Gasteiger partial charge in [-0.2, -0.15) is 0 Å². The minimum Gasteiger partial charge on any atom is -0.319 e. The van der Waals surface area contributed by atoms with Crippen LogP contribution in [-0.2, 0) is 4.57 Å². The maximum absolute atomic E-state index is 14.5. The molecule has 0 unspecified atom stereocenters. The van der Waals surface area contributed by atoms with Gasteiger partial charge in [0.25, 0.3) is 0 Å². The lowest BCUT2D eigenvalue weighted by Gasteiger charge is -2.50. The van der Waals surface area contributed by atoms with Gasteiger partial charge in [0.2, 0.25) is 0 Å². The molecule has 2 aliphatic rings. The van der Waals surface area contributed by atoms with Crippen LogP contribution in [0.25, 0.3) is 0 Å². The molecule has 0 atom stereocenters. The Morgan fingerprint density at radius 1 is 0.727 bits per heavy atom. The van der Waals surface area contributed by atoms with Gasteiger partial charge in [0.1, 0.15) is 0 Å². The molecule has 4 N–H and O–H groups in total. The zero-order valence-electron chi connectivity index (χ0n) is 13.5. The van der Waals surface area contributed by atoms with E-state index < -0.39 is 17.7 Å². The van der Waals surface area contributed by atoms with Crippen LogP contribution in [0.15, 0.2) is 30.3 Å². The van der Waals surface area contributed by atoms with E-state index in [1.165, 1.54) is 12.8 Å². The van der Waals surface area contributed by atoms with Crippen LogP contribution in [0, 0.1) is 0 Å². The second-order valence-electron chi connectivity index (χ2n) is 7.27. The molecule has 0 saturated heterocycles. The molecule has 0 radical (unpaired) electrons. The number of hydrogen-bond acceptors (Lipinski definition) is 3.